The van der Waals surface area contributed by atoms with E-state index >= 15 is 0 Å². The standard InChI is InChI=1S/C17H23NS/c1-17(2)10-6-5-9-16(17)18-11-13-12-19-15-8-4-3-7-14(13)15/h3-4,7-8,12,16,18H,5-6,9-11H2,1-2H3. The second kappa shape index (κ2) is 5.26. The normalized spacial score (nSPS) is 22.7. The summed E-state index contributed by atoms with van der Waals surface area (Å²) in [5, 5.41) is 7.55. The molecule has 0 amide bonds. The first-order chi connectivity index (χ1) is 9.17. The summed E-state index contributed by atoms with van der Waals surface area (Å²) in [7, 11) is 0. The maximum absolute atomic E-state index is 3.81. The van der Waals surface area contributed by atoms with E-state index in [-0.39, 0.29) is 0 Å². The fraction of sp³-hybridized carbons (Fsp3) is 0.529. The highest BCUT2D eigenvalue weighted by Gasteiger charge is 2.31. The Hall–Kier alpha value is -0.860. The summed E-state index contributed by atoms with van der Waals surface area (Å²) < 4.78 is 1.40. The summed E-state index contributed by atoms with van der Waals surface area (Å²) in [6, 6.07) is 9.40. The summed E-state index contributed by atoms with van der Waals surface area (Å²) in [5.74, 6) is 0. The van der Waals surface area contributed by atoms with E-state index in [0.29, 0.717) is 11.5 Å². The van der Waals surface area contributed by atoms with Crippen LogP contribution in [0.1, 0.15) is 45.1 Å². The van der Waals surface area contributed by atoms with Crippen LogP contribution in [0.4, 0.5) is 0 Å². The molecule has 0 spiro atoms. The maximum Gasteiger partial charge on any atom is 0.0346 e. The zero-order valence-electron chi connectivity index (χ0n) is 11.9. The molecule has 3 rings (SSSR count). The van der Waals surface area contributed by atoms with Crippen LogP contribution < -0.4 is 5.32 Å². The Morgan fingerprint density at radius 1 is 1.26 bits per heavy atom. The van der Waals surface area contributed by atoms with Gasteiger partial charge in [0.2, 0.25) is 0 Å². The lowest BCUT2D eigenvalue weighted by Crippen LogP contribution is -2.43. The van der Waals surface area contributed by atoms with Crippen molar-refractivity contribution in [1.82, 2.24) is 5.32 Å². The number of rotatable bonds is 3. The van der Waals surface area contributed by atoms with E-state index < -0.39 is 0 Å². The molecule has 0 radical (unpaired) electrons. The van der Waals surface area contributed by atoms with Crippen LogP contribution in [-0.4, -0.2) is 6.04 Å². The average molecular weight is 273 g/mol. The van der Waals surface area contributed by atoms with E-state index in [1.807, 2.05) is 11.3 Å². The Bertz CT molecular complexity index is 555. The van der Waals surface area contributed by atoms with Gasteiger partial charge in [0.05, 0.1) is 0 Å². The third-order valence-electron chi connectivity index (χ3n) is 4.61. The van der Waals surface area contributed by atoms with E-state index in [2.05, 4.69) is 48.8 Å². The van der Waals surface area contributed by atoms with Gasteiger partial charge in [-0.3, -0.25) is 0 Å². The molecule has 1 saturated carbocycles. The highest BCUT2D eigenvalue weighted by atomic mass is 32.1. The Labute approximate surface area is 120 Å². The van der Waals surface area contributed by atoms with E-state index in [1.54, 1.807) is 0 Å². The van der Waals surface area contributed by atoms with Crippen LogP contribution in [0.25, 0.3) is 10.1 Å². The van der Waals surface area contributed by atoms with Gasteiger partial charge in [-0.25, -0.2) is 0 Å². The van der Waals surface area contributed by atoms with Crippen molar-refractivity contribution in [3.05, 3.63) is 35.2 Å². The van der Waals surface area contributed by atoms with Gasteiger partial charge in [-0.15, -0.1) is 11.3 Å². The van der Waals surface area contributed by atoms with Crippen molar-refractivity contribution in [2.24, 2.45) is 5.41 Å². The fourth-order valence-corrected chi connectivity index (χ4v) is 4.24. The minimum atomic E-state index is 0.448. The molecule has 1 unspecified atom stereocenters. The first-order valence-electron chi connectivity index (χ1n) is 7.35. The molecule has 102 valence electrons. The van der Waals surface area contributed by atoms with Crippen LogP contribution in [0.3, 0.4) is 0 Å². The third-order valence-corrected chi connectivity index (χ3v) is 5.62. The molecule has 1 N–H and O–H groups in total. The molecule has 1 aliphatic rings. The Morgan fingerprint density at radius 3 is 2.95 bits per heavy atom. The smallest absolute Gasteiger partial charge is 0.0346 e. The van der Waals surface area contributed by atoms with Gasteiger partial charge in [0.1, 0.15) is 0 Å². The van der Waals surface area contributed by atoms with Crippen molar-refractivity contribution in [2.75, 3.05) is 0 Å². The molecule has 1 aliphatic carbocycles. The number of hydrogen-bond acceptors (Lipinski definition) is 2. The van der Waals surface area contributed by atoms with E-state index in [1.165, 1.54) is 41.3 Å². The lowest BCUT2D eigenvalue weighted by atomic mass is 9.73. The molecule has 0 bridgehead atoms. The Kier molecular flexibility index (Phi) is 3.64. The van der Waals surface area contributed by atoms with Crippen molar-refractivity contribution in [1.29, 1.82) is 0 Å². The summed E-state index contributed by atoms with van der Waals surface area (Å²) in [6.07, 6.45) is 5.46. The number of benzene rings is 1. The molecule has 1 aromatic carbocycles. The van der Waals surface area contributed by atoms with Gasteiger partial charge in [0.25, 0.3) is 0 Å². The Morgan fingerprint density at radius 2 is 2.11 bits per heavy atom. The summed E-state index contributed by atoms with van der Waals surface area (Å²) in [5.41, 5.74) is 1.91. The van der Waals surface area contributed by atoms with Crippen molar-refractivity contribution in [3.63, 3.8) is 0 Å². The van der Waals surface area contributed by atoms with Crippen molar-refractivity contribution in [3.8, 4) is 0 Å². The lowest BCUT2D eigenvalue weighted by molar-refractivity contribution is 0.167. The predicted octanol–water partition coefficient (Wildman–Crippen LogP) is 4.96. The largest absolute Gasteiger partial charge is 0.309 e. The zero-order chi connectivity index (χ0) is 13.3. The molecule has 1 aromatic heterocycles. The van der Waals surface area contributed by atoms with E-state index in [0.717, 1.165) is 6.54 Å². The van der Waals surface area contributed by atoms with Crippen LogP contribution in [-0.2, 0) is 6.54 Å². The van der Waals surface area contributed by atoms with Crippen molar-refractivity contribution >= 4 is 21.4 Å². The van der Waals surface area contributed by atoms with Gasteiger partial charge in [-0.05, 0) is 40.7 Å². The lowest BCUT2D eigenvalue weighted by Gasteiger charge is -2.39. The minimum Gasteiger partial charge on any atom is -0.309 e. The summed E-state index contributed by atoms with van der Waals surface area (Å²) >= 11 is 1.86. The maximum atomic E-state index is 3.81. The monoisotopic (exact) mass is 273 g/mol. The first-order valence-corrected chi connectivity index (χ1v) is 8.23. The number of fused-ring (bicyclic) bond motifs is 1. The summed E-state index contributed by atoms with van der Waals surface area (Å²) in [4.78, 5) is 0. The van der Waals surface area contributed by atoms with Gasteiger partial charge in [0, 0.05) is 17.3 Å². The third kappa shape index (κ3) is 2.70. The molecule has 1 heterocycles. The second-order valence-corrected chi connectivity index (χ2v) is 7.34. The first kappa shape index (κ1) is 13.1. The molecular formula is C17H23NS. The fourth-order valence-electron chi connectivity index (χ4n) is 3.28. The average Bonchev–Trinajstić information content (AvgIpc) is 2.80. The highest BCUT2D eigenvalue weighted by molar-refractivity contribution is 7.17. The van der Waals surface area contributed by atoms with Gasteiger partial charge >= 0.3 is 0 Å². The molecule has 2 heteroatoms. The van der Waals surface area contributed by atoms with Crippen LogP contribution in [0.2, 0.25) is 0 Å². The van der Waals surface area contributed by atoms with Gasteiger partial charge in [-0.1, -0.05) is 44.9 Å². The molecule has 1 atom stereocenters. The molecule has 1 nitrogen and oxygen atoms in total. The van der Waals surface area contributed by atoms with Gasteiger partial charge in [0.15, 0.2) is 0 Å². The summed E-state index contributed by atoms with van der Waals surface area (Å²) in [6.45, 7) is 5.84. The van der Waals surface area contributed by atoms with Crippen LogP contribution in [0, 0.1) is 5.41 Å². The highest BCUT2D eigenvalue weighted by Crippen LogP contribution is 2.36. The number of thiophene rings is 1. The van der Waals surface area contributed by atoms with Gasteiger partial charge < -0.3 is 5.32 Å². The second-order valence-electron chi connectivity index (χ2n) is 6.42. The van der Waals surface area contributed by atoms with Crippen LogP contribution >= 0.6 is 11.3 Å². The molecule has 0 saturated heterocycles. The zero-order valence-corrected chi connectivity index (χ0v) is 12.7. The quantitative estimate of drug-likeness (QED) is 0.833. The minimum absolute atomic E-state index is 0.448. The topological polar surface area (TPSA) is 12.0 Å². The SMILES string of the molecule is CC1(C)CCCCC1NCc1csc2ccccc12. The number of hydrogen-bond donors (Lipinski definition) is 1. The number of nitrogens with one attached hydrogen (secondary N) is 1. The molecule has 1 fully saturated rings. The molecular weight excluding hydrogens is 250 g/mol. The van der Waals surface area contributed by atoms with Crippen molar-refractivity contribution in [2.45, 2.75) is 52.1 Å². The van der Waals surface area contributed by atoms with Gasteiger partial charge in [-0.2, -0.15) is 0 Å². The molecule has 2 aromatic rings. The Balaban J connectivity index is 1.72. The van der Waals surface area contributed by atoms with Crippen LogP contribution in [0.15, 0.2) is 29.6 Å². The molecule has 19 heavy (non-hydrogen) atoms. The van der Waals surface area contributed by atoms with Crippen LogP contribution in [0.5, 0.6) is 0 Å². The van der Waals surface area contributed by atoms with Crippen molar-refractivity contribution < 1.29 is 0 Å². The van der Waals surface area contributed by atoms with E-state index in [9.17, 15) is 0 Å². The van der Waals surface area contributed by atoms with E-state index in [4.69, 9.17) is 0 Å². The predicted molar refractivity (Wildman–Crippen MR) is 84.7 cm³/mol. The molecule has 0 aliphatic heterocycles.